The lowest BCUT2D eigenvalue weighted by Gasteiger charge is -2.27. The molecule has 2 aromatic carbocycles. The Hall–Kier alpha value is -3.71. The van der Waals surface area contributed by atoms with Crippen LogP contribution in [0.2, 0.25) is 0 Å². The molecule has 0 spiro atoms. The molecule has 0 radical (unpaired) electrons. The number of aromatic nitrogens is 2. The summed E-state index contributed by atoms with van der Waals surface area (Å²) in [5, 5.41) is 3.73. The first kappa shape index (κ1) is 26.9. The highest BCUT2D eigenvalue weighted by Gasteiger charge is 2.26. The van der Waals surface area contributed by atoms with Crippen molar-refractivity contribution in [1.82, 2.24) is 24.9 Å². The highest BCUT2D eigenvalue weighted by atomic mass is 32.2. The third-order valence-corrected chi connectivity index (χ3v) is 7.73. The van der Waals surface area contributed by atoms with Crippen molar-refractivity contribution in [3.63, 3.8) is 0 Å². The molecule has 0 bridgehead atoms. The van der Waals surface area contributed by atoms with Gasteiger partial charge in [0.15, 0.2) is 5.82 Å². The quantitative estimate of drug-likeness (QED) is 0.236. The summed E-state index contributed by atoms with van der Waals surface area (Å²) in [4.78, 5) is 23.0. The summed E-state index contributed by atoms with van der Waals surface area (Å²) < 4.78 is 58.2. The molecule has 1 aliphatic rings. The van der Waals surface area contributed by atoms with Gasteiger partial charge in [-0.1, -0.05) is 31.2 Å². The molecule has 1 fully saturated rings. The van der Waals surface area contributed by atoms with Crippen molar-refractivity contribution in [2.45, 2.75) is 13.5 Å². The fraction of sp³-hybridized carbons (Fsp3) is 0.259. The van der Waals surface area contributed by atoms with Crippen LogP contribution in [0.5, 0.6) is 0 Å². The molecule has 0 unspecified atom stereocenters. The topological polar surface area (TPSA) is 119 Å². The Balaban J connectivity index is 1.44. The molecule has 0 atom stereocenters. The number of hydrogen-bond donors (Lipinski definition) is 4. The van der Waals surface area contributed by atoms with Crippen molar-refractivity contribution in [1.29, 1.82) is 0 Å². The van der Waals surface area contributed by atoms with Gasteiger partial charge in [0.1, 0.15) is 11.5 Å². The second kappa shape index (κ2) is 11.2. The van der Waals surface area contributed by atoms with Crippen LogP contribution in [0.15, 0.2) is 54.9 Å². The van der Waals surface area contributed by atoms with Crippen molar-refractivity contribution in [2.24, 2.45) is 0 Å². The van der Waals surface area contributed by atoms with Crippen LogP contribution in [-0.4, -0.2) is 61.8 Å². The summed E-state index contributed by atoms with van der Waals surface area (Å²) in [6.07, 6.45) is 3.00. The first-order valence-electron chi connectivity index (χ1n) is 12.6. The Labute approximate surface area is 224 Å². The van der Waals surface area contributed by atoms with Crippen molar-refractivity contribution in [2.75, 3.05) is 37.4 Å². The highest BCUT2D eigenvalue weighted by molar-refractivity contribution is 7.90. The predicted molar refractivity (Wildman–Crippen MR) is 146 cm³/mol. The third-order valence-electron chi connectivity index (χ3n) is 6.58. The molecule has 1 aliphatic heterocycles. The summed E-state index contributed by atoms with van der Waals surface area (Å²) in [6, 6.07) is 11.6. The smallest absolute Gasteiger partial charge is 0.299 e. The summed E-state index contributed by atoms with van der Waals surface area (Å²) in [7, 11) is -4.09. The molecule has 3 heterocycles. The number of piperazine rings is 1. The molecule has 0 saturated carbocycles. The van der Waals surface area contributed by atoms with E-state index in [1.807, 2.05) is 16.9 Å². The minimum absolute atomic E-state index is 0.0131. The second-order valence-electron chi connectivity index (χ2n) is 9.26. The molecule has 5 rings (SSSR count). The number of nitrogens with one attached hydrogen (secondary N) is 4. The van der Waals surface area contributed by atoms with Crippen LogP contribution in [0, 0.1) is 11.6 Å². The maximum absolute atomic E-state index is 15.2. The molecule has 0 aliphatic carbocycles. The van der Waals surface area contributed by atoms with E-state index in [0.29, 0.717) is 11.0 Å². The van der Waals surface area contributed by atoms with Gasteiger partial charge < -0.3 is 10.3 Å². The van der Waals surface area contributed by atoms with Crippen molar-refractivity contribution in [3.05, 3.63) is 83.2 Å². The fourth-order valence-electron chi connectivity index (χ4n) is 4.62. The summed E-state index contributed by atoms with van der Waals surface area (Å²) in [6.45, 7) is 6.42. The van der Waals surface area contributed by atoms with Gasteiger partial charge in [-0.05, 0) is 29.3 Å². The van der Waals surface area contributed by atoms with E-state index in [1.165, 1.54) is 11.8 Å². The van der Waals surface area contributed by atoms with Crippen LogP contribution < -0.4 is 14.8 Å². The molecule has 9 nitrogen and oxygen atoms in total. The van der Waals surface area contributed by atoms with Crippen LogP contribution in [0.25, 0.3) is 22.2 Å². The average Bonchev–Trinajstić information content (AvgIpc) is 3.35. The van der Waals surface area contributed by atoms with Crippen molar-refractivity contribution in [3.8, 4) is 11.1 Å². The van der Waals surface area contributed by atoms with E-state index in [1.54, 1.807) is 19.2 Å². The number of H-pyrrole nitrogens is 1. The number of fused-ring (bicyclic) bond motifs is 1. The SMILES string of the molecule is CCNS(=O)(=O)Nc1ccc(F)c(C(=O)c2c[nH]c3ncc(-c4ccc(CN5CCNCC5)cc4)cc23)c1F. The zero-order chi connectivity index (χ0) is 27.6. The number of halogens is 2. The largest absolute Gasteiger partial charge is 0.345 e. The van der Waals surface area contributed by atoms with Crippen LogP contribution in [-0.2, 0) is 16.8 Å². The number of carbonyl (C=O) groups excluding carboxylic acids is 1. The third kappa shape index (κ3) is 5.83. The maximum atomic E-state index is 15.2. The Morgan fingerprint density at radius 3 is 2.54 bits per heavy atom. The molecular weight excluding hydrogens is 526 g/mol. The predicted octanol–water partition coefficient (Wildman–Crippen LogP) is 3.41. The number of benzene rings is 2. The van der Waals surface area contributed by atoms with E-state index in [9.17, 15) is 17.6 Å². The molecule has 39 heavy (non-hydrogen) atoms. The number of aromatic amines is 1. The molecule has 4 aromatic rings. The van der Waals surface area contributed by atoms with E-state index in [4.69, 9.17) is 0 Å². The number of ketones is 1. The fourth-order valence-corrected chi connectivity index (χ4v) is 5.52. The van der Waals surface area contributed by atoms with E-state index in [2.05, 4.69) is 37.0 Å². The summed E-state index contributed by atoms with van der Waals surface area (Å²) >= 11 is 0. The molecular formula is C27H28F2N6O3S. The Kier molecular flexibility index (Phi) is 7.71. The minimum Gasteiger partial charge on any atom is -0.345 e. The molecule has 4 N–H and O–H groups in total. The van der Waals surface area contributed by atoms with Gasteiger partial charge in [0.25, 0.3) is 10.2 Å². The molecule has 204 valence electrons. The normalized spacial score (nSPS) is 14.5. The zero-order valence-electron chi connectivity index (χ0n) is 21.2. The number of carbonyl (C=O) groups is 1. The summed E-state index contributed by atoms with van der Waals surface area (Å²) in [5.41, 5.74) is 1.78. The first-order chi connectivity index (χ1) is 18.8. The lowest BCUT2D eigenvalue weighted by atomic mass is 9.99. The van der Waals surface area contributed by atoms with Crippen molar-refractivity contribution < 1.29 is 22.0 Å². The van der Waals surface area contributed by atoms with Gasteiger partial charge in [-0.2, -0.15) is 13.1 Å². The molecule has 12 heteroatoms. The molecule has 0 amide bonds. The minimum atomic E-state index is -4.09. The van der Waals surface area contributed by atoms with Gasteiger partial charge in [0, 0.05) is 68.2 Å². The zero-order valence-corrected chi connectivity index (χ0v) is 22.0. The van der Waals surface area contributed by atoms with Gasteiger partial charge in [-0.3, -0.25) is 14.4 Å². The Bertz CT molecular complexity index is 1620. The summed E-state index contributed by atoms with van der Waals surface area (Å²) in [5.74, 6) is -3.35. The lowest BCUT2D eigenvalue weighted by molar-refractivity contribution is 0.103. The van der Waals surface area contributed by atoms with E-state index >= 15 is 4.39 Å². The molecule has 1 saturated heterocycles. The average molecular weight is 555 g/mol. The maximum Gasteiger partial charge on any atom is 0.299 e. The van der Waals surface area contributed by atoms with E-state index in [0.717, 1.165) is 56.0 Å². The van der Waals surface area contributed by atoms with Gasteiger partial charge in [0.2, 0.25) is 5.78 Å². The van der Waals surface area contributed by atoms with Gasteiger partial charge >= 0.3 is 0 Å². The Morgan fingerprint density at radius 1 is 1.08 bits per heavy atom. The van der Waals surface area contributed by atoms with Crippen LogP contribution in [0.3, 0.4) is 0 Å². The number of anilines is 1. The monoisotopic (exact) mass is 554 g/mol. The Morgan fingerprint density at radius 2 is 1.82 bits per heavy atom. The van der Waals surface area contributed by atoms with Gasteiger partial charge in [0.05, 0.1) is 11.3 Å². The molecule has 2 aromatic heterocycles. The van der Waals surface area contributed by atoms with Gasteiger partial charge in [-0.15, -0.1) is 0 Å². The van der Waals surface area contributed by atoms with Crippen LogP contribution in [0.4, 0.5) is 14.5 Å². The van der Waals surface area contributed by atoms with E-state index < -0.39 is 38.9 Å². The van der Waals surface area contributed by atoms with Crippen LogP contribution >= 0.6 is 0 Å². The standard InChI is InChI=1S/C27H28F2N6O3S/c1-2-33-39(37,38)34-23-8-7-22(28)24(25(23)29)26(36)21-15-32-27-20(21)13-19(14-31-27)18-5-3-17(4-6-18)16-35-11-9-30-10-12-35/h3-8,13-15,30,33-34H,2,9-12,16H2,1H3,(H,31,32). The van der Waals surface area contributed by atoms with Gasteiger partial charge in [-0.25, -0.2) is 13.8 Å². The highest BCUT2D eigenvalue weighted by Crippen LogP contribution is 2.29. The first-order valence-corrected chi connectivity index (χ1v) is 14.0. The number of hydrogen-bond acceptors (Lipinski definition) is 6. The lowest BCUT2D eigenvalue weighted by Crippen LogP contribution is -2.42. The van der Waals surface area contributed by atoms with Crippen molar-refractivity contribution >= 4 is 32.7 Å². The van der Waals surface area contributed by atoms with Crippen LogP contribution in [0.1, 0.15) is 28.4 Å². The number of pyridine rings is 1. The van der Waals surface area contributed by atoms with E-state index in [-0.39, 0.29) is 12.1 Å². The number of nitrogens with zero attached hydrogens (tertiary/aromatic N) is 2. The number of rotatable bonds is 9. The second-order valence-corrected chi connectivity index (χ2v) is 10.8.